The van der Waals surface area contributed by atoms with Crippen LogP contribution in [-0.4, -0.2) is 24.3 Å². The van der Waals surface area contributed by atoms with Crippen molar-refractivity contribution in [1.82, 2.24) is 0 Å². The van der Waals surface area contributed by atoms with E-state index >= 15 is 0 Å². The number of esters is 2. The molecule has 134 valence electrons. The van der Waals surface area contributed by atoms with Crippen LogP contribution in [0.2, 0.25) is 0 Å². The summed E-state index contributed by atoms with van der Waals surface area (Å²) >= 11 is 0. The molecule has 0 bridgehead atoms. The molecule has 2 unspecified atom stereocenters. The van der Waals surface area contributed by atoms with Crippen molar-refractivity contribution in [2.75, 3.05) is 0 Å². The molecule has 3 aromatic rings. The highest BCUT2D eigenvalue weighted by Gasteiger charge is 2.23. The van der Waals surface area contributed by atoms with Crippen LogP contribution in [0, 0.1) is 0 Å². The summed E-state index contributed by atoms with van der Waals surface area (Å²) in [5.74, 6) is -1.72. The van der Waals surface area contributed by atoms with Crippen LogP contribution in [-0.2, 0) is 9.59 Å². The zero-order chi connectivity index (χ0) is 18.8. The van der Waals surface area contributed by atoms with Gasteiger partial charge in [-0.3, -0.25) is 0 Å². The highest BCUT2D eigenvalue weighted by atomic mass is 19.1. The molecule has 0 saturated carbocycles. The molecule has 0 aliphatic heterocycles. The first-order chi connectivity index (χ1) is 12.4. The van der Waals surface area contributed by atoms with Gasteiger partial charge in [0.05, 0.1) is 0 Å². The maximum absolute atomic E-state index is 13.3. The smallest absolute Gasteiger partial charge is 0.345 e. The topological polar surface area (TPSA) is 52.6 Å². The van der Waals surface area contributed by atoms with Crippen molar-refractivity contribution in [2.24, 2.45) is 0 Å². The Morgan fingerprint density at radius 1 is 0.692 bits per heavy atom. The van der Waals surface area contributed by atoms with E-state index in [1.54, 1.807) is 48.5 Å². The van der Waals surface area contributed by atoms with Gasteiger partial charge in [0.15, 0.2) is 12.3 Å². The largest absolute Gasteiger partial charge is 0.423 e. The van der Waals surface area contributed by atoms with Gasteiger partial charge >= 0.3 is 11.9 Å². The lowest BCUT2D eigenvalue weighted by molar-refractivity contribution is -0.140. The number of carbonyl (C=O) groups excluding carboxylic acids is 2. The monoisotopic (exact) mass is 358 g/mol. The lowest BCUT2D eigenvalue weighted by atomic mass is 10.0. The maximum Gasteiger partial charge on any atom is 0.345 e. The van der Waals surface area contributed by atoms with Crippen LogP contribution in [0.1, 0.15) is 13.8 Å². The van der Waals surface area contributed by atoms with E-state index in [2.05, 4.69) is 0 Å². The summed E-state index contributed by atoms with van der Waals surface area (Å²) in [7, 11) is 0. The number of ether oxygens (including phenoxy) is 2. The van der Waals surface area contributed by atoms with Crippen LogP contribution in [0.4, 0.5) is 8.78 Å². The quantitative estimate of drug-likeness (QED) is 0.391. The Morgan fingerprint density at radius 2 is 0.962 bits per heavy atom. The minimum Gasteiger partial charge on any atom is -0.423 e. The third-order valence-corrected chi connectivity index (χ3v) is 3.89. The number of rotatable bonds is 4. The van der Waals surface area contributed by atoms with Crippen molar-refractivity contribution in [2.45, 2.75) is 26.2 Å². The highest BCUT2D eigenvalue weighted by molar-refractivity contribution is 6.12. The SMILES string of the molecule is CC(F)C(=O)Oc1c2ccccc2c(OC(=O)C(C)F)c2ccccc12. The Balaban J connectivity index is 2.31. The van der Waals surface area contributed by atoms with E-state index in [4.69, 9.17) is 9.47 Å². The van der Waals surface area contributed by atoms with E-state index in [-0.39, 0.29) is 11.5 Å². The standard InChI is InChI=1S/C20H16F2O4/c1-11(21)19(23)25-17-13-7-3-5-9-15(13)18(26-20(24)12(2)22)16-10-6-4-8-14(16)17/h3-12H,1-2H3. The van der Waals surface area contributed by atoms with Crippen molar-refractivity contribution in [3.8, 4) is 11.5 Å². The van der Waals surface area contributed by atoms with Gasteiger partial charge in [-0.2, -0.15) is 0 Å². The van der Waals surface area contributed by atoms with Crippen LogP contribution < -0.4 is 9.47 Å². The average molecular weight is 358 g/mol. The molecule has 26 heavy (non-hydrogen) atoms. The summed E-state index contributed by atoms with van der Waals surface area (Å²) in [4.78, 5) is 23.6. The Morgan fingerprint density at radius 3 is 1.19 bits per heavy atom. The van der Waals surface area contributed by atoms with E-state index < -0.39 is 24.3 Å². The van der Waals surface area contributed by atoms with E-state index in [9.17, 15) is 18.4 Å². The van der Waals surface area contributed by atoms with Crippen LogP contribution in [0.5, 0.6) is 11.5 Å². The predicted molar refractivity (Wildman–Crippen MR) is 93.9 cm³/mol. The fourth-order valence-electron chi connectivity index (χ4n) is 2.63. The van der Waals surface area contributed by atoms with Crippen molar-refractivity contribution in [3.05, 3.63) is 48.5 Å². The molecule has 0 saturated heterocycles. The molecule has 4 nitrogen and oxygen atoms in total. The number of halogens is 2. The van der Waals surface area contributed by atoms with Crippen LogP contribution in [0.15, 0.2) is 48.5 Å². The van der Waals surface area contributed by atoms with Crippen molar-refractivity contribution in [3.63, 3.8) is 0 Å². The maximum atomic E-state index is 13.3. The second-order valence-electron chi connectivity index (χ2n) is 5.82. The van der Waals surface area contributed by atoms with E-state index in [0.29, 0.717) is 21.5 Å². The molecule has 6 heteroatoms. The first-order valence-corrected chi connectivity index (χ1v) is 8.05. The minimum absolute atomic E-state index is 0.166. The lowest BCUT2D eigenvalue weighted by Crippen LogP contribution is -2.20. The number of benzene rings is 3. The van der Waals surface area contributed by atoms with Gasteiger partial charge < -0.3 is 9.47 Å². The molecule has 0 aliphatic rings. The number of hydrogen-bond acceptors (Lipinski definition) is 4. The molecule has 0 fully saturated rings. The fourth-order valence-corrected chi connectivity index (χ4v) is 2.63. The van der Waals surface area contributed by atoms with E-state index in [1.807, 2.05) is 0 Å². The lowest BCUT2D eigenvalue weighted by Gasteiger charge is -2.16. The zero-order valence-electron chi connectivity index (χ0n) is 14.2. The molecule has 3 aromatic carbocycles. The predicted octanol–water partition coefficient (Wildman–Crippen LogP) is 4.52. The van der Waals surface area contributed by atoms with Gasteiger partial charge in [-0.25, -0.2) is 18.4 Å². The Bertz CT molecular complexity index is 859. The Kier molecular flexibility index (Phi) is 4.84. The summed E-state index contributed by atoms with van der Waals surface area (Å²) in [5, 5.41) is 1.81. The number of alkyl halides is 2. The molecular formula is C20H16F2O4. The first-order valence-electron chi connectivity index (χ1n) is 8.05. The van der Waals surface area contributed by atoms with Crippen LogP contribution in [0.3, 0.4) is 0 Å². The van der Waals surface area contributed by atoms with E-state index in [1.165, 1.54) is 0 Å². The Labute approximate surface area is 148 Å². The van der Waals surface area contributed by atoms with Crippen molar-refractivity contribution >= 4 is 33.5 Å². The van der Waals surface area contributed by atoms with Crippen LogP contribution >= 0.6 is 0 Å². The zero-order valence-corrected chi connectivity index (χ0v) is 14.2. The van der Waals surface area contributed by atoms with E-state index in [0.717, 1.165) is 13.8 Å². The summed E-state index contributed by atoms with van der Waals surface area (Å²) in [6, 6.07) is 13.4. The number of fused-ring (bicyclic) bond motifs is 2. The molecule has 0 spiro atoms. The molecule has 0 aliphatic carbocycles. The molecule has 2 atom stereocenters. The average Bonchev–Trinajstić information content (AvgIpc) is 2.63. The van der Waals surface area contributed by atoms with Gasteiger partial charge in [-0.05, 0) is 13.8 Å². The summed E-state index contributed by atoms with van der Waals surface area (Å²) in [5.41, 5.74) is 0. The molecule has 0 radical (unpaired) electrons. The number of hydrogen-bond donors (Lipinski definition) is 0. The summed E-state index contributed by atoms with van der Waals surface area (Å²) in [6.45, 7) is 2.18. The second kappa shape index (κ2) is 7.07. The molecule has 0 aromatic heterocycles. The third kappa shape index (κ3) is 3.22. The van der Waals surface area contributed by atoms with Crippen LogP contribution in [0.25, 0.3) is 21.5 Å². The fraction of sp³-hybridized carbons (Fsp3) is 0.200. The normalized spacial score (nSPS) is 13.4. The summed E-state index contributed by atoms with van der Waals surface area (Å²) < 4.78 is 37.2. The molecule has 0 heterocycles. The minimum atomic E-state index is -1.79. The second-order valence-corrected chi connectivity index (χ2v) is 5.82. The summed E-state index contributed by atoms with van der Waals surface area (Å²) in [6.07, 6.45) is -3.59. The Hall–Kier alpha value is -3.02. The van der Waals surface area contributed by atoms with Gasteiger partial charge in [0, 0.05) is 21.5 Å². The molecule has 3 rings (SSSR count). The molecule has 0 amide bonds. The third-order valence-electron chi connectivity index (χ3n) is 3.89. The first kappa shape index (κ1) is 17.8. The molecule has 0 N–H and O–H groups in total. The number of carbonyl (C=O) groups is 2. The van der Waals surface area contributed by atoms with Gasteiger partial charge in [0.2, 0.25) is 0 Å². The molecular weight excluding hydrogens is 342 g/mol. The van der Waals surface area contributed by atoms with Gasteiger partial charge in [0.25, 0.3) is 0 Å². The van der Waals surface area contributed by atoms with Gasteiger partial charge in [-0.15, -0.1) is 0 Å². The van der Waals surface area contributed by atoms with Crippen molar-refractivity contribution in [1.29, 1.82) is 0 Å². The highest BCUT2D eigenvalue weighted by Crippen LogP contribution is 2.43. The van der Waals surface area contributed by atoms with Crippen molar-refractivity contribution < 1.29 is 27.8 Å². The van der Waals surface area contributed by atoms with Gasteiger partial charge in [0.1, 0.15) is 11.5 Å². The van der Waals surface area contributed by atoms with Gasteiger partial charge in [-0.1, -0.05) is 48.5 Å².